The quantitative estimate of drug-likeness (QED) is 0.838. The van der Waals surface area contributed by atoms with Crippen LogP contribution in [0.15, 0.2) is 24.3 Å². The largest absolute Gasteiger partial charge is 0.481 e. The molecule has 5 nitrogen and oxygen atoms in total. The molecule has 1 fully saturated rings. The lowest BCUT2D eigenvalue weighted by atomic mass is 9.72. The molecule has 1 aromatic rings. The van der Waals surface area contributed by atoms with Crippen LogP contribution in [0.1, 0.15) is 43.7 Å². The maximum Gasteiger partial charge on any atom is 0.312 e. The molecule has 24 heavy (non-hydrogen) atoms. The van der Waals surface area contributed by atoms with Crippen LogP contribution in [0.4, 0.5) is 0 Å². The topological polar surface area (TPSA) is 77.8 Å². The van der Waals surface area contributed by atoms with Gasteiger partial charge < -0.3 is 15.1 Å². The van der Waals surface area contributed by atoms with Crippen molar-refractivity contribution < 1.29 is 19.8 Å². The second-order valence-corrected chi connectivity index (χ2v) is 6.74. The van der Waals surface area contributed by atoms with Crippen LogP contribution in [0.5, 0.6) is 0 Å². The van der Waals surface area contributed by atoms with E-state index in [-0.39, 0.29) is 12.5 Å². The first-order valence-electron chi connectivity index (χ1n) is 8.64. The van der Waals surface area contributed by atoms with Gasteiger partial charge in [0.05, 0.1) is 11.5 Å². The Bertz CT molecular complexity index is 601. The van der Waals surface area contributed by atoms with E-state index in [4.69, 9.17) is 0 Å². The zero-order valence-corrected chi connectivity index (χ0v) is 14.5. The van der Waals surface area contributed by atoms with Crippen LogP contribution >= 0.6 is 0 Å². The molecule has 0 aliphatic carbocycles. The Kier molecular flexibility index (Phi) is 5.99. The Morgan fingerprint density at radius 2 is 2.04 bits per heavy atom. The Balaban J connectivity index is 1.96. The van der Waals surface area contributed by atoms with Crippen molar-refractivity contribution in [3.05, 3.63) is 35.4 Å². The second kappa shape index (κ2) is 7.79. The van der Waals surface area contributed by atoms with Gasteiger partial charge >= 0.3 is 5.97 Å². The van der Waals surface area contributed by atoms with Crippen LogP contribution in [0.25, 0.3) is 0 Å². The van der Waals surface area contributed by atoms with E-state index in [0.717, 1.165) is 11.1 Å². The van der Waals surface area contributed by atoms with E-state index in [1.807, 2.05) is 38.1 Å². The highest BCUT2D eigenvalue weighted by Crippen LogP contribution is 2.37. The van der Waals surface area contributed by atoms with Gasteiger partial charge in [-0.15, -0.1) is 0 Å². The average molecular weight is 333 g/mol. The molecule has 0 radical (unpaired) electrons. The Morgan fingerprint density at radius 3 is 2.62 bits per heavy atom. The number of carbonyl (C=O) groups excluding carboxylic acids is 1. The van der Waals surface area contributed by atoms with Gasteiger partial charge in [-0.1, -0.05) is 37.6 Å². The molecule has 1 amide bonds. The van der Waals surface area contributed by atoms with Gasteiger partial charge in [-0.2, -0.15) is 0 Å². The zero-order chi connectivity index (χ0) is 17.7. The van der Waals surface area contributed by atoms with Crippen LogP contribution in [-0.2, 0) is 16.0 Å². The molecule has 0 saturated carbocycles. The number of nitrogens with zero attached hydrogens (tertiary/aromatic N) is 1. The number of amides is 1. The molecular formula is C19H27NO4. The van der Waals surface area contributed by atoms with Gasteiger partial charge in [-0.3, -0.25) is 9.59 Å². The van der Waals surface area contributed by atoms with Crippen molar-refractivity contribution in [1.29, 1.82) is 0 Å². The smallest absolute Gasteiger partial charge is 0.312 e. The molecule has 0 bridgehead atoms. The summed E-state index contributed by atoms with van der Waals surface area (Å²) in [5, 5.41) is 19.9. The van der Waals surface area contributed by atoms with Gasteiger partial charge in [0.2, 0.25) is 5.91 Å². The first-order valence-corrected chi connectivity index (χ1v) is 8.64. The molecule has 0 aromatic heterocycles. The predicted molar refractivity (Wildman–Crippen MR) is 91.7 cm³/mol. The number of benzene rings is 1. The summed E-state index contributed by atoms with van der Waals surface area (Å²) in [5.41, 5.74) is 1.20. The minimum absolute atomic E-state index is 0.0206. The summed E-state index contributed by atoms with van der Waals surface area (Å²) in [4.78, 5) is 25.7. The summed E-state index contributed by atoms with van der Waals surface area (Å²) in [6.45, 7) is 4.45. The summed E-state index contributed by atoms with van der Waals surface area (Å²) in [6, 6.07) is 7.98. The fourth-order valence-electron chi connectivity index (χ4n) is 3.59. The molecule has 2 rings (SSSR count). The number of carboxylic acid groups (broad SMARTS) is 1. The monoisotopic (exact) mass is 333 g/mol. The standard InChI is InChI=1S/C19H27NO4/c1-3-10-19(18(23)24)11-12-20(13-16(19)21)17(22)9-8-15-7-5-4-6-14(15)2/h4-7,16,21H,3,8-13H2,1-2H3,(H,23,24)/t16-,19-/m0/s1. The van der Waals surface area contributed by atoms with Crippen LogP contribution in [0.3, 0.4) is 0 Å². The molecule has 1 aromatic carbocycles. The number of aliphatic carboxylic acids is 1. The molecule has 0 spiro atoms. The van der Waals surface area contributed by atoms with Crippen LogP contribution < -0.4 is 0 Å². The van der Waals surface area contributed by atoms with E-state index in [0.29, 0.717) is 38.6 Å². The third kappa shape index (κ3) is 3.78. The number of β-amino-alcohol motifs (C(OH)–C–C–N with tert-alkyl or cyclic N) is 1. The number of carboxylic acids is 1. The molecule has 1 aliphatic heterocycles. The maximum atomic E-state index is 12.4. The average Bonchev–Trinajstić information content (AvgIpc) is 2.55. The third-order valence-corrected chi connectivity index (χ3v) is 5.20. The lowest BCUT2D eigenvalue weighted by Gasteiger charge is -2.42. The van der Waals surface area contributed by atoms with Gasteiger partial charge in [0, 0.05) is 19.5 Å². The number of likely N-dealkylation sites (tertiary alicyclic amines) is 1. The highest BCUT2D eigenvalue weighted by molar-refractivity contribution is 5.79. The number of rotatable bonds is 6. The molecule has 2 N–H and O–H groups in total. The Hall–Kier alpha value is -1.88. The van der Waals surface area contributed by atoms with E-state index in [9.17, 15) is 19.8 Å². The van der Waals surface area contributed by atoms with Gasteiger partial charge in [-0.25, -0.2) is 0 Å². The lowest BCUT2D eigenvalue weighted by Crippen LogP contribution is -2.56. The van der Waals surface area contributed by atoms with Crippen molar-refractivity contribution in [3.63, 3.8) is 0 Å². The summed E-state index contributed by atoms with van der Waals surface area (Å²) in [7, 11) is 0. The highest BCUT2D eigenvalue weighted by Gasteiger charge is 2.48. The Labute approximate surface area is 143 Å². The number of aliphatic hydroxyl groups excluding tert-OH is 1. The van der Waals surface area contributed by atoms with Crippen molar-refractivity contribution >= 4 is 11.9 Å². The predicted octanol–water partition coefficient (Wildman–Crippen LogP) is 2.39. The molecule has 1 aliphatic rings. The number of carbonyl (C=O) groups is 2. The van der Waals surface area contributed by atoms with Crippen molar-refractivity contribution in [3.8, 4) is 0 Å². The highest BCUT2D eigenvalue weighted by atomic mass is 16.4. The normalized spacial score (nSPS) is 24.0. The minimum atomic E-state index is -1.11. The zero-order valence-electron chi connectivity index (χ0n) is 14.5. The van der Waals surface area contributed by atoms with E-state index >= 15 is 0 Å². The van der Waals surface area contributed by atoms with E-state index in [2.05, 4.69) is 0 Å². The van der Waals surface area contributed by atoms with Gasteiger partial charge in [-0.05, 0) is 37.3 Å². The molecule has 0 unspecified atom stereocenters. The summed E-state index contributed by atoms with van der Waals surface area (Å²) < 4.78 is 0. The van der Waals surface area contributed by atoms with Crippen LogP contribution in [0.2, 0.25) is 0 Å². The summed E-state index contributed by atoms with van der Waals surface area (Å²) in [5.74, 6) is -0.975. The molecule has 2 atom stereocenters. The fraction of sp³-hybridized carbons (Fsp3) is 0.579. The third-order valence-electron chi connectivity index (χ3n) is 5.20. The summed E-state index contributed by atoms with van der Waals surface area (Å²) >= 11 is 0. The number of aliphatic hydroxyl groups is 1. The molecule has 132 valence electrons. The van der Waals surface area contributed by atoms with E-state index in [1.54, 1.807) is 4.90 Å². The lowest BCUT2D eigenvalue weighted by molar-refractivity contribution is -0.167. The van der Waals surface area contributed by atoms with Crippen LogP contribution in [0, 0.1) is 12.3 Å². The van der Waals surface area contributed by atoms with E-state index in [1.165, 1.54) is 0 Å². The Morgan fingerprint density at radius 1 is 1.33 bits per heavy atom. The molecule has 5 heteroatoms. The fourth-order valence-corrected chi connectivity index (χ4v) is 3.59. The number of hydrogen-bond donors (Lipinski definition) is 2. The maximum absolute atomic E-state index is 12.4. The number of aryl methyl sites for hydroxylation is 2. The molecule has 1 saturated heterocycles. The van der Waals surface area contributed by atoms with Crippen LogP contribution in [-0.4, -0.2) is 46.2 Å². The van der Waals surface area contributed by atoms with Gasteiger partial charge in [0.25, 0.3) is 0 Å². The summed E-state index contributed by atoms with van der Waals surface area (Å²) in [6.07, 6.45) is 1.49. The minimum Gasteiger partial charge on any atom is -0.481 e. The van der Waals surface area contributed by atoms with Gasteiger partial charge in [0.15, 0.2) is 0 Å². The first kappa shape index (κ1) is 18.5. The molecular weight excluding hydrogens is 306 g/mol. The SMILES string of the molecule is CCC[C@]1(C(=O)O)CCN(C(=O)CCc2ccccc2C)C[C@@H]1O. The van der Waals surface area contributed by atoms with E-state index < -0.39 is 17.5 Å². The van der Waals surface area contributed by atoms with Crippen molar-refractivity contribution in [2.75, 3.05) is 13.1 Å². The first-order chi connectivity index (χ1) is 11.4. The molecule has 1 heterocycles. The number of piperidine rings is 1. The number of hydrogen-bond acceptors (Lipinski definition) is 3. The second-order valence-electron chi connectivity index (χ2n) is 6.74. The van der Waals surface area contributed by atoms with Crippen molar-refractivity contribution in [2.45, 2.75) is 52.1 Å². The van der Waals surface area contributed by atoms with Gasteiger partial charge in [0.1, 0.15) is 0 Å². The van der Waals surface area contributed by atoms with Crippen molar-refractivity contribution in [1.82, 2.24) is 4.90 Å². The van der Waals surface area contributed by atoms with Crippen molar-refractivity contribution in [2.24, 2.45) is 5.41 Å².